The summed E-state index contributed by atoms with van der Waals surface area (Å²) in [6.07, 6.45) is -0.342. The number of aliphatic hydroxyl groups is 1. The summed E-state index contributed by atoms with van der Waals surface area (Å²) in [5.41, 5.74) is 1.13. The monoisotopic (exact) mass is 359 g/mol. The molecule has 0 aliphatic heterocycles. The number of esters is 1. The summed E-state index contributed by atoms with van der Waals surface area (Å²) < 4.78 is 11.2. The smallest absolute Gasteiger partial charge is 0.307 e. The predicted molar refractivity (Wildman–Crippen MR) is 84.5 cm³/mol. The van der Waals surface area contributed by atoms with Crippen LogP contribution in [0.5, 0.6) is 5.75 Å². The molecule has 118 valence electrons. The van der Waals surface area contributed by atoms with Crippen molar-refractivity contribution in [2.24, 2.45) is 0 Å². The van der Waals surface area contributed by atoms with Crippen LogP contribution in [0, 0.1) is 6.92 Å². The molecule has 1 unspecified atom stereocenters. The van der Waals surface area contributed by atoms with Crippen LogP contribution in [-0.4, -0.2) is 43.5 Å². The van der Waals surface area contributed by atoms with Crippen molar-refractivity contribution < 1.29 is 19.4 Å². The summed E-state index contributed by atoms with van der Waals surface area (Å²) in [6, 6.07) is 5.77. The standard InChI is InChI=1S/C15H22BrNO4/c1-3-20-15(19)6-7-17-9-12(18)10-21-14-5-4-11(2)8-13(14)16/h4-5,8,12,17-18H,3,6-7,9-10H2,1-2H3. The van der Waals surface area contributed by atoms with Crippen molar-refractivity contribution in [2.45, 2.75) is 26.4 Å². The fourth-order valence-corrected chi connectivity index (χ4v) is 2.27. The molecule has 2 N–H and O–H groups in total. The summed E-state index contributed by atoms with van der Waals surface area (Å²) in [7, 11) is 0. The fraction of sp³-hybridized carbons (Fsp3) is 0.533. The van der Waals surface area contributed by atoms with Crippen LogP contribution in [0.3, 0.4) is 0 Å². The summed E-state index contributed by atoms with van der Waals surface area (Å²) in [6.45, 7) is 5.19. The Morgan fingerprint density at radius 2 is 2.24 bits per heavy atom. The van der Waals surface area contributed by atoms with E-state index in [2.05, 4.69) is 21.2 Å². The lowest BCUT2D eigenvalue weighted by Crippen LogP contribution is -2.32. The highest BCUT2D eigenvalue weighted by molar-refractivity contribution is 9.10. The van der Waals surface area contributed by atoms with E-state index in [1.165, 1.54) is 0 Å². The lowest BCUT2D eigenvalue weighted by atomic mass is 10.2. The van der Waals surface area contributed by atoms with E-state index in [9.17, 15) is 9.90 Å². The van der Waals surface area contributed by atoms with Gasteiger partial charge in [-0.05, 0) is 47.5 Å². The van der Waals surface area contributed by atoms with Crippen LogP contribution in [0.2, 0.25) is 0 Å². The molecule has 0 saturated heterocycles. The number of ether oxygens (including phenoxy) is 2. The first-order chi connectivity index (χ1) is 10.0. The third kappa shape index (κ3) is 7.45. The number of benzene rings is 1. The number of carbonyl (C=O) groups is 1. The molecule has 1 rings (SSSR count). The zero-order valence-electron chi connectivity index (χ0n) is 12.4. The molecule has 0 aliphatic rings. The van der Waals surface area contributed by atoms with E-state index in [1.54, 1.807) is 6.92 Å². The molecule has 0 fully saturated rings. The maximum atomic E-state index is 11.1. The second kappa shape index (κ2) is 9.76. The van der Waals surface area contributed by atoms with Gasteiger partial charge in [0.05, 0.1) is 17.5 Å². The Morgan fingerprint density at radius 3 is 2.90 bits per heavy atom. The van der Waals surface area contributed by atoms with Gasteiger partial charge in [-0.15, -0.1) is 0 Å². The summed E-state index contributed by atoms with van der Waals surface area (Å²) in [5.74, 6) is 0.463. The second-order valence-electron chi connectivity index (χ2n) is 4.66. The van der Waals surface area contributed by atoms with E-state index >= 15 is 0 Å². The average Bonchev–Trinajstić information content (AvgIpc) is 2.43. The molecule has 6 heteroatoms. The Balaban J connectivity index is 2.19. The Hall–Kier alpha value is -1.11. The van der Waals surface area contributed by atoms with Crippen LogP contribution in [0.1, 0.15) is 18.9 Å². The normalized spacial score (nSPS) is 12.0. The first-order valence-electron chi connectivity index (χ1n) is 6.96. The highest BCUT2D eigenvalue weighted by Gasteiger charge is 2.08. The maximum absolute atomic E-state index is 11.1. The fourth-order valence-electron chi connectivity index (χ4n) is 1.66. The predicted octanol–water partition coefficient (Wildman–Crippen LogP) is 2.04. The van der Waals surface area contributed by atoms with Crippen molar-refractivity contribution >= 4 is 21.9 Å². The van der Waals surface area contributed by atoms with Gasteiger partial charge >= 0.3 is 5.97 Å². The lowest BCUT2D eigenvalue weighted by Gasteiger charge is -2.14. The minimum Gasteiger partial charge on any atom is -0.490 e. The van der Waals surface area contributed by atoms with Crippen molar-refractivity contribution in [1.82, 2.24) is 5.32 Å². The number of halogens is 1. The zero-order valence-corrected chi connectivity index (χ0v) is 14.0. The number of carbonyl (C=O) groups excluding carboxylic acids is 1. The highest BCUT2D eigenvalue weighted by Crippen LogP contribution is 2.25. The number of nitrogens with one attached hydrogen (secondary N) is 1. The molecule has 0 aromatic heterocycles. The van der Waals surface area contributed by atoms with Crippen molar-refractivity contribution in [2.75, 3.05) is 26.3 Å². The molecule has 0 aliphatic carbocycles. The number of rotatable bonds is 9. The zero-order chi connectivity index (χ0) is 15.7. The number of hydrogen-bond donors (Lipinski definition) is 2. The average molecular weight is 360 g/mol. The van der Waals surface area contributed by atoms with Crippen LogP contribution >= 0.6 is 15.9 Å². The van der Waals surface area contributed by atoms with E-state index in [0.717, 1.165) is 10.0 Å². The van der Waals surface area contributed by atoms with Gasteiger partial charge in [-0.2, -0.15) is 0 Å². The third-order valence-corrected chi connectivity index (χ3v) is 3.33. The van der Waals surface area contributed by atoms with Crippen molar-refractivity contribution in [3.63, 3.8) is 0 Å². The van der Waals surface area contributed by atoms with Crippen LogP contribution < -0.4 is 10.1 Å². The van der Waals surface area contributed by atoms with Gasteiger partial charge in [0.25, 0.3) is 0 Å². The molecular weight excluding hydrogens is 338 g/mol. The van der Waals surface area contributed by atoms with Crippen molar-refractivity contribution in [3.8, 4) is 5.75 Å². The molecule has 1 aromatic carbocycles. The molecule has 21 heavy (non-hydrogen) atoms. The van der Waals surface area contributed by atoms with Gasteiger partial charge in [0.1, 0.15) is 18.5 Å². The van der Waals surface area contributed by atoms with Gasteiger partial charge in [0, 0.05) is 13.1 Å². The van der Waals surface area contributed by atoms with Crippen molar-refractivity contribution in [3.05, 3.63) is 28.2 Å². The Kier molecular flexibility index (Phi) is 8.34. The van der Waals surface area contributed by atoms with Gasteiger partial charge < -0.3 is 19.9 Å². The number of aliphatic hydroxyl groups excluding tert-OH is 1. The van der Waals surface area contributed by atoms with E-state index in [-0.39, 0.29) is 12.6 Å². The topological polar surface area (TPSA) is 67.8 Å². The third-order valence-electron chi connectivity index (χ3n) is 2.71. The Bertz CT molecular complexity index is 453. The molecule has 0 amide bonds. The number of hydrogen-bond acceptors (Lipinski definition) is 5. The molecule has 1 atom stereocenters. The quantitative estimate of drug-likeness (QED) is 0.521. The molecular formula is C15H22BrNO4. The first kappa shape index (κ1) is 17.9. The molecule has 0 saturated carbocycles. The van der Waals surface area contributed by atoms with Gasteiger partial charge in [0.2, 0.25) is 0 Å². The summed E-state index contributed by atoms with van der Waals surface area (Å²) in [5, 5.41) is 12.8. The van der Waals surface area contributed by atoms with Crippen LogP contribution in [0.15, 0.2) is 22.7 Å². The van der Waals surface area contributed by atoms with Crippen LogP contribution in [-0.2, 0) is 9.53 Å². The lowest BCUT2D eigenvalue weighted by molar-refractivity contribution is -0.143. The molecule has 0 bridgehead atoms. The van der Waals surface area contributed by atoms with Crippen LogP contribution in [0.4, 0.5) is 0 Å². The van der Waals surface area contributed by atoms with Crippen LogP contribution in [0.25, 0.3) is 0 Å². The summed E-state index contributed by atoms with van der Waals surface area (Å²) in [4.78, 5) is 11.1. The van der Waals surface area contributed by atoms with E-state index in [4.69, 9.17) is 9.47 Å². The minimum atomic E-state index is -0.639. The molecule has 1 aromatic rings. The van der Waals surface area contributed by atoms with E-state index in [0.29, 0.717) is 31.9 Å². The highest BCUT2D eigenvalue weighted by atomic mass is 79.9. The van der Waals surface area contributed by atoms with Gasteiger partial charge in [0.15, 0.2) is 0 Å². The Morgan fingerprint density at radius 1 is 1.48 bits per heavy atom. The largest absolute Gasteiger partial charge is 0.490 e. The van der Waals surface area contributed by atoms with E-state index in [1.807, 2.05) is 25.1 Å². The summed E-state index contributed by atoms with van der Waals surface area (Å²) >= 11 is 3.42. The first-order valence-corrected chi connectivity index (χ1v) is 7.75. The van der Waals surface area contributed by atoms with Gasteiger partial charge in [-0.3, -0.25) is 4.79 Å². The second-order valence-corrected chi connectivity index (χ2v) is 5.51. The number of aryl methyl sites for hydroxylation is 1. The maximum Gasteiger partial charge on any atom is 0.307 e. The Labute approximate surface area is 133 Å². The molecule has 0 spiro atoms. The minimum absolute atomic E-state index is 0.189. The van der Waals surface area contributed by atoms with E-state index < -0.39 is 6.10 Å². The van der Waals surface area contributed by atoms with Gasteiger partial charge in [-0.25, -0.2) is 0 Å². The van der Waals surface area contributed by atoms with Gasteiger partial charge in [-0.1, -0.05) is 6.07 Å². The molecule has 0 heterocycles. The molecule has 5 nitrogen and oxygen atoms in total. The molecule has 0 radical (unpaired) electrons. The van der Waals surface area contributed by atoms with Crippen molar-refractivity contribution in [1.29, 1.82) is 0 Å². The SMILES string of the molecule is CCOC(=O)CCNCC(O)COc1ccc(C)cc1Br.